The fraction of sp³-hybridized carbons (Fsp3) is 0.188. The van der Waals surface area contributed by atoms with E-state index >= 15 is 0 Å². The van der Waals surface area contributed by atoms with Crippen LogP contribution in [-0.4, -0.2) is 36.9 Å². The van der Waals surface area contributed by atoms with Crippen molar-refractivity contribution in [1.29, 1.82) is 0 Å². The largest absolute Gasteiger partial charge is 0.480 e. The second-order valence-corrected chi connectivity index (χ2v) is 8.53. The van der Waals surface area contributed by atoms with E-state index in [0.29, 0.717) is 15.6 Å². The zero-order chi connectivity index (χ0) is 18.8. The number of sulfonamides is 1. The maximum absolute atomic E-state index is 12.7. The molecule has 0 radical (unpaired) electrons. The molecule has 2 aromatic rings. The molecule has 0 saturated carbocycles. The number of carbonyl (C=O) groups is 1. The molecule has 0 aliphatic rings. The maximum Gasteiger partial charge on any atom is 0.322 e. The Hall–Kier alpha value is -1.31. The first-order chi connectivity index (χ1) is 11.6. The molecule has 1 atom stereocenters. The minimum Gasteiger partial charge on any atom is -0.480 e. The van der Waals surface area contributed by atoms with Crippen LogP contribution in [0.5, 0.6) is 0 Å². The van der Waals surface area contributed by atoms with Crippen LogP contribution in [0.2, 0.25) is 15.1 Å². The summed E-state index contributed by atoms with van der Waals surface area (Å²) in [4.78, 5) is 11.6. The lowest BCUT2D eigenvalue weighted by molar-refractivity contribution is -0.141. The van der Waals surface area contributed by atoms with Gasteiger partial charge in [0.15, 0.2) is 0 Å². The lowest BCUT2D eigenvalue weighted by Gasteiger charge is -2.24. The molecule has 0 aliphatic carbocycles. The van der Waals surface area contributed by atoms with Gasteiger partial charge in [-0.2, -0.15) is 4.31 Å². The summed E-state index contributed by atoms with van der Waals surface area (Å²) >= 11 is 17.5. The Labute approximate surface area is 160 Å². The Bertz CT molecular complexity index is 885. The summed E-state index contributed by atoms with van der Waals surface area (Å²) in [5, 5.41) is 10.5. The van der Waals surface area contributed by atoms with Gasteiger partial charge in [0.05, 0.1) is 14.9 Å². The molecule has 0 aromatic heterocycles. The number of hydrogen-bond acceptors (Lipinski definition) is 3. The van der Waals surface area contributed by atoms with Crippen molar-refractivity contribution in [2.45, 2.75) is 17.4 Å². The number of likely N-dealkylation sites (N-methyl/N-ethyl adjacent to an activating group) is 1. The highest BCUT2D eigenvalue weighted by atomic mass is 35.5. The van der Waals surface area contributed by atoms with E-state index in [2.05, 4.69) is 0 Å². The molecule has 0 unspecified atom stereocenters. The van der Waals surface area contributed by atoms with Crippen LogP contribution >= 0.6 is 34.8 Å². The number of aliphatic carboxylic acids is 1. The summed E-state index contributed by atoms with van der Waals surface area (Å²) in [7, 11) is -2.78. The van der Waals surface area contributed by atoms with Crippen molar-refractivity contribution in [2.75, 3.05) is 7.05 Å². The van der Waals surface area contributed by atoms with Crippen LogP contribution in [0.1, 0.15) is 5.56 Å². The molecule has 25 heavy (non-hydrogen) atoms. The van der Waals surface area contributed by atoms with Crippen LogP contribution < -0.4 is 0 Å². The van der Waals surface area contributed by atoms with Crippen molar-refractivity contribution in [1.82, 2.24) is 4.31 Å². The van der Waals surface area contributed by atoms with Gasteiger partial charge in [-0.3, -0.25) is 4.79 Å². The predicted molar refractivity (Wildman–Crippen MR) is 98.0 cm³/mol. The zero-order valence-electron chi connectivity index (χ0n) is 13.0. The van der Waals surface area contributed by atoms with Crippen LogP contribution in [0.3, 0.4) is 0 Å². The lowest BCUT2D eigenvalue weighted by atomic mass is 10.1. The van der Waals surface area contributed by atoms with Crippen LogP contribution in [0.4, 0.5) is 0 Å². The molecule has 0 heterocycles. The molecule has 0 aliphatic heterocycles. The van der Waals surface area contributed by atoms with Gasteiger partial charge < -0.3 is 5.11 Å². The number of nitrogens with zero attached hydrogens (tertiary/aromatic N) is 1. The summed E-state index contributed by atoms with van der Waals surface area (Å²) < 4.78 is 26.2. The van der Waals surface area contributed by atoms with Gasteiger partial charge in [-0.15, -0.1) is 0 Å². The van der Waals surface area contributed by atoms with Crippen molar-refractivity contribution in [3.8, 4) is 0 Å². The average molecular weight is 423 g/mol. The average Bonchev–Trinajstić information content (AvgIpc) is 2.55. The van der Waals surface area contributed by atoms with Crippen LogP contribution in [0, 0.1) is 0 Å². The van der Waals surface area contributed by atoms with E-state index in [4.69, 9.17) is 34.8 Å². The highest BCUT2D eigenvalue weighted by Crippen LogP contribution is 2.25. The highest BCUT2D eigenvalue weighted by molar-refractivity contribution is 7.89. The zero-order valence-corrected chi connectivity index (χ0v) is 16.1. The highest BCUT2D eigenvalue weighted by Gasteiger charge is 2.33. The molecule has 0 saturated heterocycles. The normalized spacial score (nSPS) is 13.0. The first-order valence-corrected chi connectivity index (χ1v) is 9.60. The first kappa shape index (κ1) is 20.0. The maximum atomic E-state index is 12.7. The number of carboxylic acid groups (broad SMARTS) is 1. The third-order valence-electron chi connectivity index (χ3n) is 3.63. The Kier molecular flexibility index (Phi) is 6.35. The van der Waals surface area contributed by atoms with Gasteiger partial charge in [-0.05, 0) is 48.4 Å². The van der Waals surface area contributed by atoms with E-state index in [0.717, 1.165) is 4.31 Å². The molecule has 5 nitrogen and oxygen atoms in total. The third-order valence-corrected chi connectivity index (χ3v) is 6.50. The van der Waals surface area contributed by atoms with E-state index in [1.807, 2.05) is 0 Å². The Morgan fingerprint density at radius 1 is 1.08 bits per heavy atom. The van der Waals surface area contributed by atoms with Crippen LogP contribution in [0.15, 0.2) is 47.4 Å². The van der Waals surface area contributed by atoms with E-state index in [1.165, 1.54) is 43.4 Å². The molecule has 2 aromatic carbocycles. The quantitative estimate of drug-likeness (QED) is 0.764. The standard InChI is InChI=1S/C16H14Cl3NO4S/c1-20(25(23,24)12-5-3-11(17)4-6-12)15(16(21)22)9-10-2-7-13(18)14(19)8-10/h2-8,15H,9H2,1H3,(H,21,22)/t15-/m0/s1. The smallest absolute Gasteiger partial charge is 0.322 e. The Morgan fingerprint density at radius 2 is 1.68 bits per heavy atom. The monoisotopic (exact) mass is 421 g/mol. The van der Waals surface area contributed by atoms with Gasteiger partial charge in [-0.25, -0.2) is 8.42 Å². The third kappa shape index (κ3) is 4.65. The van der Waals surface area contributed by atoms with Crippen molar-refractivity contribution in [3.05, 3.63) is 63.1 Å². The van der Waals surface area contributed by atoms with Crippen molar-refractivity contribution < 1.29 is 18.3 Å². The second-order valence-electron chi connectivity index (χ2n) is 5.28. The molecular weight excluding hydrogens is 409 g/mol. The first-order valence-electron chi connectivity index (χ1n) is 7.03. The van der Waals surface area contributed by atoms with E-state index in [-0.39, 0.29) is 16.3 Å². The molecule has 1 N–H and O–H groups in total. The van der Waals surface area contributed by atoms with Gasteiger partial charge in [-0.1, -0.05) is 40.9 Å². The Morgan fingerprint density at radius 3 is 2.20 bits per heavy atom. The van der Waals surface area contributed by atoms with Gasteiger partial charge in [0.25, 0.3) is 0 Å². The van der Waals surface area contributed by atoms with E-state index in [9.17, 15) is 18.3 Å². The molecule has 9 heteroatoms. The van der Waals surface area contributed by atoms with Gasteiger partial charge in [0.2, 0.25) is 10.0 Å². The Balaban J connectivity index is 2.33. The van der Waals surface area contributed by atoms with Crippen molar-refractivity contribution >= 4 is 50.8 Å². The number of benzene rings is 2. The number of carboxylic acids is 1. The topological polar surface area (TPSA) is 74.7 Å². The molecule has 2 rings (SSSR count). The minimum atomic E-state index is -4.00. The molecular formula is C16H14Cl3NO4S. The summed E-state index contributed by atoms with van der Waals surface area (Å²) in [5.74, 6) is -1.27. The fourth-order valence-electron chi connectivity index (χ4n) is 2.20. The van der Waals surface area contributed by atoms with E-state index in [1.54, 1.807) is 6.07 Å². The summed E-state index contributed by atoms with van der Waals surface area (Å²) in [5.41, 5.74) is 0.556. The summed E-state index contributed by atoms with van der Waals surface area (Å²) in [6.45, 7) is 0. The van der Waals surface area contributed by atoms with Crippen LogP contribution in [-0.2, 0) is 21.2 Å². The summed E-state index contributed by atoms with van der Waals surface area (Å²) in [6.07, 6.45) is -0.0600. The summed E-state index contributed by atoms with van der Waals surface area (Å²) in [6, 6.07) is 8.85. The number of rotatable bonds is 6. The van der Waals surface area contributed by atoms with Gasteiger partial charge >= 0.3 is 5.97 Å². The van der Waals surface area contributed by atoms with Crippen LogP contribution in [0.25, 0.3) is 0 Å². The molecule has 0 spiro atoms. The van der Waals surface area contributed by atoms with Gasteiger partial charge in [0, 0.05) is 12.1 Å². The second kappa shape index (κ2) is 7.93. The molecule has 0 fully saturated rings. The molecule has 134 valence electrons. The SMILES string of the molecule is CN([C@@H](Cc1ccc(Cl)c(Cl)c1)C(=O)O)S(=O)(=O)c1ccc(Cl)cc1. The van der Waals surface area contributed by atoms with Crippen molar-refractivity contribution in [3.63, 3.8) is 0 Å². The minimum absolute atomic E-state index is 0.0419. The van der Waals surface area contributed by atoms with Crippen molar-refractivity contribution in [2.24, 2.45) is 0 Å². The lowest BCUT2D eigenvalue weighted by Crippen LogP contribution is -2.43. The number of halogens is 3. The predicted octanol–water partition coefficient (Wildman–Crippen LogP) is 3.96. The fourth-order valence-corrected chi connectivity index (χ4v) is 3.96. The molecule has 0 amide bonds. The number of hydrogen-bond donors (Lipinski definition) is 1. The van der Waals surface area contributed by atoms with E-state index < -0.39 is 22.0 Å². The molecule has 0 bridgehead atoms. The van der Waals surface area contributed by atoms with Gasteiger partial charge in [0.1, 0.15) is 6.04 Å².